The van der Waals surface area contributed by atoms with Crippen molar-refractivity contribution in [1.82, 2.24) is 0 Å². The van der Waals surface area contributed by atoms with E-state index in [9.17, 15) is 0 Å². The average Bonchev–Trinajstić information content (AvgIpc) is 1.37. The summed E-state index contributed by atoms with van der Waals surface area (Å²) >= 11 is 0. The number of hydrogen-bond acceptors (Lipinski definition) is 1. The molecule has 1 nitrogen and oxygen atoms in total. The minimum Gasteiger partial charge on any atom is -0.315 e. The zero-order valence-corrected chi connectivity index (χ0v) is 3.12. The Bertz CT molecular complexity index is 56.1. The SMILES string of the molecule is C=C=[Si]=O. The Balaban J connectivity index is 3.95. The van der Waals surface area contributed by atoms with Crippen molar-refractivity contribution in [2.75, 3.05) is 0 Å². The van der Waals surface area contributed by atoms with Crippen molar-refractivity contribution in [3.8, 4) is 0 Å². The Morgan fingerprint density at radius 3 is 2.25 bits per heavy atom. The molecule has 0 aliphatic carbocycles. The van der Waals surface area contributed by atoms with Gasteiger partial charge < -0.3 is 4.46 Å². The molecule has 0 N–H and O–H groups in total. The van der Waals surface area contributed by atoms with Crippen molar-refractivity contribution in [3.63, 3.8) is 0 Å². The van der Waals surface area contributed by atoms with Crippen LogP contribution in [0.3, 0.4) is 0 Å². The lowest BCUT2D eigenvalue weighted by Crippen LogP contribution is -1.40. The van der Waals surface area contributed by atoms with Crippen LogP contribution in [-0.4, -0.2) is 14.3 Å². The van der Waals surface area contributed by atoms with Gasteiger partial charge in [0.2, 0.25) is 0 Å². The lowest BCUT2D eigenvalue weighted by atomic mass is 11.3. The van der Waals surface area contributed by atoms with Crippen LogP contribution < -0.4 is 0 Å². The molecule has 0 amide bonds. The van der Waals surface area contributed by atoms with Crippen LogP contribution in [0, 0.1) is 0 Å². The Morgan fingerprint density at radius 1 is 2.00 bits per heavy atom. The van der Waals surface area contributed by atoms with E-state index in [-0.39, 0.29) is 0 Å². The van der Waals surface area contributed by atoms with Crippen LogP contribution in [0.25, 0.3) is 0 Å². The van der Waals surface area contributed by atoms with E-state index in [1.54, 1.807) is 0 Å². The second-order valence-corrected chi connectivity index (χ2v) is 0.837. The van der Waals surface area contributed by atoms with Gasteiger partial charge in [-0.3, -0.25) is 0 Å². The molecule has 0 aliphatic rings. The first kappa shape index (κ1) is 3.67. The molecule has 2 heteroatoms. The van der Waals surface area contributed by atoms with Gasteiger partial charge in [0, 0.05) is 0 Å². The van der Waals surface area contributed by atoms with Gasteiger partial charge in [0.05, 0.1) is 0 Å². The average molecular weight is 70.1 g/mol. The Kier molecular flexibility index (Phi) is 2.44. The summed E-state index contributed by atoms with van der Waals surface area (Å²) in [5, 5.41) is 2.15. The van der Waals surface area contributed by atoms with Crippen LogP contribution in [0.2, 0.25) is 0 Å². The van der Waals surface area contributed by atoms with E-state index >= 15 is 0 Å². The van der Waals surface area contributed by atoms with E-state index in [1.807, 2.05) is 0 Å². The van der Waals surface area contributed by atoms with Crippen molar-refractivity contribution in [2.45, 2.75) is 0 Å². The van der Waals surface area contributed by atoms with Crippen LogP contribution in [0.1, 0.15) is 0 Å². The van der Waals surface area contributed by atoms with Gasteiger partial charge in [0.25, 0.3) is 0 Å². The minimum absolute atomic E-state index is 0.471. The fourth-order valence-electron chi connectivity index (χ4n) is 0. The highest BCUT2D eigenvalue weighted by Gasteiger charge is 1.21. The number of hydrogen-bond donors (Lipinski definition) is 0. The smallest absolute Gasteiger partial charge is 0.315 e. The topological polar surface area (TPSA) is 17.1 Å². The van der Waals surface area contributed by atoms with Crippen molar-refractivity contribution in [2.24, 2.45) is 0 Å². The normalized spacial score (nSPS) is 3.00. The quantitative estimate of drug-likeness (QED) is 0.355. The minimum atomic E-state index is -0.471. The van der Waals surface area contributed by atoms with Crippen molar-refractivity contribution >= 4 is 14.3 Å². The van der Waals surface area contributed by atoms with E-state index < -0.39 is 9.02 Å². The Hall–Kier alpha value is -0.333. The molecule has 0 saturated heterocycles. The molecule has 0 fully saturated rings. The standard InChI is InChI=1S/C2H2OSi/c1-2-4-3/h1H2. The summed E-state index contributed by atoms with van der Waals surface area (Å²) in [7, 11) is -0.471. The van der Waals surface area contributed by atoms with Crippen LogP contribution in [0.5, 0.6) is 0 Å². The van der Waals surface area contributed by atoms with Crippen LogP contribution >= 0.6 is 0 Å². The lowest BCUT2D eigenvalue weighted by molar-refractivity contribution is 0.588. The molecular formula is C2H2OSi. The lowest BCUT2D eigenvalue weighted by Gasteiger charge is -1.13. The summed E-state index contributed by atoms with van der Waals surface area (Å²) in [6, 6.07) is 0. The fraction of sp³-hybridized carbons (Fsp3) is 0. The predicted molar refractivity (Wildman–Crippen MR) is 17.1 cm³/mol. The fourth-order valence-corrected chi connectivity index (χ4v) is 0. The van der Waals surface area contributed by atoms with Gasteiger partial charge in [-0.15, -0.1) is 0 Å². The zero-order chi connectivity index (χ0) is 3.41. The molecule has 0 spiro atoms. The van der Waals surface area contributed by atoms with Crippen molar-refractivity contribution in [3.05, 3.63) is 6.58 Å². The van der Waals surface area contributed by atoms with Crippen LogP contribution in [0.4, 0.5) is 0 Å². The third kappa shape index (κ3) is 1.67. The second kappa shape index (κ2) is 2.67. The summed E-state index contributed by atoms with van der Waals surface area (Å²) in [4.78, 5) is 0. The maximum atomic E-state index is 9.15. The Labute approximate surface area is 26.5 Å². The third-order valence-corrected chi connectivity index (χ3v) is 0.217. The van der Waals surface area contributed by atoms with Gasteiger partial charge in [0.15, 0.2) is 0 Å². The first-order chi connectivity index (χ1) is 1.91. The first-order valence-corrected chi connectivity index (χ1v) is 1.72. The van der Waals surface area contributed by atoms with E-state index in [2.05, 4.69) is 11.9 Å². The summed E-state index contributed by atoms with van der Waals surface area (Å²) in [6.45, 7) is 3.05. The molecule has 0 saturated carbocycles. The molecule has 0 aromatic carbocycles. The summed E-state index contributed by atoms with van der Waals surface area (Å²) in [5.74, 6) is 0. The van der Waals surface area contributed by atoms with E-state index in [4.69, 9.17) is 4.46 Å². The van der Waals surface area contributed by atoms with Crippen LogP contribution in [-0.2, 0) is 4.46 Å². The summed E-state index contributed by atoms with van der Waals surface area (Å²) < 4.78 is 9.15. The molecule has 0 aromatic rings. The molecule has 0 bridgehead atoms. The van der Waals surface area contributed by atoms with E-state index in [0.717, 1.165) is 0 Å². The van der Waals surface area contributed by atoms with Crippen LogP contribution in [0.15, 0.2) is 6.58 Å². The largest absolute Gasteiger partial charge is 0.319 e. The van der Waals surface area contributed by atoms with Gasteiger partial charge in [0.1, 0.15) is 0 Å². The molecule has 20 valence electrons. The zero-order valence-electron chi connectivity index (χ0n) is 2.12. The molecule has 4 heavy (non-hydrogen) atoms. The van der Waals surface area contributed by atoms with Gasteiger partial charge >= 0.3 is 9.02 Å². The van der Waals surface area contributed by atoms with Crippen molar-refractivity contribution in [1.29, 1.82) is 0 Å². The summed E-state index contributed by atoms with van der Waals surface area (Å²) in [6.07, 6.45) is 0. The third-order valence-electron chi connectivity index (χ3n) is 0.0722. The molecule has 0 heterocycles. The maximum Gasteiger partial charge on any atom is 0.319 e. The van der Waals surface area contributed by atoms with Gasteiger partial charge in [-0.05, 0) is 0 Å². The van der Waals surface area contributed by atoms with Crippen molar-refractivity contribution < 1.29 is 4.46 Å². The molecule has 0 atom stereocenters. The number of rotatable bonds is 0. The predicted octanol–water partition coefficient (Wildman–Crippen LogP) is -0.377. The maximum absolute atomic E-state index is 9.15. The highest BCUT2D eigenvalue weighted by atomic mass is 28.2. The molecule has 0 rings (SSSR count). The van der Waals surface area contributed by atoms with Gasteiger partial charge in [-0.2, -0.15) is 0 Å². The Morgan fingerprint density at radius 2 is 2.25 bits per heavy atom. The molecule has 0 radical (unpaired) electrons. The monoisotopic (exact) mass is 70.0 g/mol. The molecule has 0 aliphatic heterocycles. The highest BCUT2D eigenvalue weighted by molar-refractivity contribution is 6.29. The van der Waals surface area contributed by atoms with Gasteiger partial charge in [-0.1, -0.05) is 11.9 Å². The summed E-state index contributed by atoms with van der Waals surface area (Å²) in [5.41, 5.74) is 0. The van der Waals surface area contributed by atoms with E-state index in [0.29, 0.717) is 0 Å². The molecular weight excluding hydrogens is 68.1 g/mol. The molecule has 0 unspecified atom stereocenters. The first-order valence-electron chi connectivity index (χ1n) is 0.808. The highest BCUT2D eigenvalue weighted by Crippen LogP contribution is 0.944. The van der Waals surface area contributed by atoms with E-state index in [1.165, 1.54) is 0 Å². The van der Waals surface area contributed by atoms with Gasteiger partial charge in [-0.25, -0.2) is 0 Å². The second-order valence-electron chi connectivity index (χ2n) is 0.279. The molecule has 0 aromatic heterocycles.